The molecular weight excluding hydrogens is 451 g/mol. The molecule has 0 heterocycles. The SMILES string of the molecule is CCN(C(=O)c1cc(F)cc(NC(=O)OCC2c3ccccc3-c3ccccc32)c1)C(C)C(=O)O. The first kappa shape index (κ1) is 23.9. The van der Waals surface area contributed by atoms with Gasteiger partial charge in [0.25, 0.3) is 5.91 Å². The molecule has 0 aliphatic heterocycles. The predicted octanol–water partition coefficient (Wildman–Crippen LogP) is 5.12. The lowest BCUT2D eigenvalue weighted by Gasteiger charge is -2.25. The summed E-state index contributed by atoms with van der Waals surface area (Å²) in [5.74, 6) is -2.71. The molecule has 0 spiro atoms. The minimum absolute atomic E-state index is 0.0320. The van der Waals surface area contributed by atoms with E-state index in [9.17, 15) is 23.9 Å². The minimum Gasteiger partial charge on any atom is -0.480 e. The van der Waals surface area contributed by atoms with Gasteiger partial charge in [-0.25, -0.2) is 14.0 Å². The van der Waals surface area contributed by atoms with Crippen LogP contribution in [0.5, 0.6) is 0 Å². The molecule has 2 amide bonds. The fraction of sp³-hybridized carbons (Fsp3) is 0.222. The Morgan fingerprint density at radius 2 is 1.63 bits per heavy atom. The first-order chi connectivity index (χ1) is 16.8. The summed E-state index contributed by atoms with van der Waals surface area (Å²) >= 11 is 0. The average molecular weight is 477 g/mol. The number of aliphatic carboxylic acids is 1. The zero-order valence-corrected chi connectivity index (χ0v) is 19.3. The van der Waals surface area contributed by atoms with Crippen LogP contribution in [0, 0.1) is 5.82 Å². The molecule has 0 saturated heterocycles. The van der Waals surface area contributed by atoms with E-state index < -0.39 is 29.8 Å². The highest BCUT2D eigenvalue weighted by Gasteiger charge is 2.29. The quantitative estimate of drug-likeness (QED) is 0.493. The number of halogens is 1. The maximum absolute atomic E-state index is 14.2. The standard InChI is InChI=1S/C27H25FN2O5/c1-3-30(16(2)26(32)33)25(31)17-12-18(28)14-19(13-17)29-27(34)35-15-24-22-10-6-4-8-20(22)21-9-5-7-11-23(21)24/h4-14,16,24H,3,15H2,1-2H3,(H,29,34)(H,32,33). The topological polar surface area (TPSA) is 95.9 Å². The molecule has 1 atom stereocenters. The van der Waals surface area contributed by atoms with Gasteiger partial charge in [-0.2, -0.15) is 0 Å². The third kappa shape index (κ3) is 4.87. The lowest BCUT2D eigenvalue weighted by atomic mass is 9.98. The molecule has 3 aromatic rings. The van der Waals surface area contributed by atoms with Crippen molar-refractivity contribution in [1.29, 1.82) is 0 Å². The molecule has 7 nitrogen and oxygen atoms in total. The zero-order chi connectivity index (χ0) is 25.1. The van der Waals surface area contributed by atoms with Crippen LogP contribution >= 0.6 is 0 Å². The fourth-order valence-corrected chi connectivity index (χ4v) is 4.43. The Balaban J connectivity index is 1.47. The summed E-state index contributed by atoms with van der Waals surface area (Å²) in [7, 11) is 0. The van der Waals surface area contributed by atoms with Gasteiger partial charge in [0, 0.05) is 23.7 Å². The van der Waals surface area contributed by atoms with Crippen LogP contribution in [0.15, 0.2) is 66.7 Å². The molecule has 0 saturated carbocycles. The number of fused-ring (bicyclic) bond motifs is 3. The van der Waals surface area contributed by atoms with Gasteiger partial charge in [0.05, 0.1) is 0 Å². The highest BCUT2D eigenvalue weighted by molar-refractivity contribution is 5.98. The minimum atomic E-state index is -1.17. The number of likely N-dealkylation sites (N-methyl/N-ethyl adjacent to an activating group) is 1. The summed E-state index contributed by atoms with van der Waals surface area (Å²) in [6, 6.07) is 18.1. The lowest BCUT2D eigenvalue weighted by Crippen LogP contribution is -2.43. The Morgan fingerprint density at radius 3 is 2.20 bits per heavy atom. The molecule has 4 rings (SSSR count). The highest BCUT2D eigenvalue weighted by atomic mass is 19.1. The Labute approximate surface area is 202 Å². The Bertz CT molecular complexity index is 1250. The molecule has 0 aromatic heterocycles. The van der Waals surface area contributed by atoms with E-state index in [0.717, 1.165) is 39.3 Å². The van der Waals surface area contributed by atoms with Crippen LogP contribution in [-0.4, -0.2) is 47.2 Å². The molecule has 8 heteroatoms. The van der Waals surface area contributed by atoms with Crippen LogP contribution in [0.4, 0.5) is 14.9 Å². The molecule has 0 radical (unpaired) electrons. The van der Waals surface area contributed by atoms with Gasteiger partial charge >= 0.3 is 12.1 Å². The smallest absolute Gasteiger partial charge is 0.411 e. The van der Waals surface area contributed by atoms with Gasteiger partial charge in [-0.1, -0.05) is 48.5 Å². The fourth-order valence-electron chi connectivity index (χ4n) is 4.43. The Hall–Kier alpha value is -4.20. The lowest BCUT2D eigenvalue weighted by molar-refractivity contribution is -0.141. The van der Waals surface area contributed by atoms with Crippen molar-refractivity contribution in [3.05, 3.63) is 89.2 Å². The van der Waals surface area contributed by atoms with Crippen LogP contribution in [0.2, 0.25) is 0 Å². The predicted molar refractivity (Wildman–Crippen MR) is 129 cm³/mol. The largest absolute Gasteiger partial charge is 0.480 e. The number of anilines is 1. The Kier molecular flexibility index (Phi) is 6.82. The second-order valence-electron chi connectivity index (χ2n) is 8.28. The van der Waals surface area contributed by atoms with E-state index >= 15 is 0 Å². The van der Waals surface area contributed by atoms with Crippen molar-refractivity contribution in [3.63, 3.8) is 0 Å². The van der Waals surface area contributed by atoms with Crippen LogP contribution in [0.3, 0.4) is 0 Å². The number of amides is 2. The number of carbonyl (C=O) groups excluding carboxylic acids is 2. The van der Waals surface area contributed by atoms with E-state index in [4.69, 9.17) is 4.74 Å². The maximum Gasteiger partial charge on any atom is 0.411 e. The molecule has 0 bridgehead atoms. The highest BCUT2D eigenvalue weighted by Crippen LogP contribution is 2.44. The average Bonchev–Trinajstić information content (AvgIpc) is 3.16. The third-order valence-corrected chi connectivity index (χ3v) is 6.16. The summed E-state index contributed by atoms with van der Waals surface area (Å²) in [5, 5.41) is 11.7. The summed E-state index contributed by atoms with van der Waals surface area (Å²) in [6.07, 6.45) is -0.790. The molecular formula is C27H25FN2O5. The summed E-state index contributed by atoms with van der Waals surface area (Å²) < 4.78 is 19.7. The van der Waals surface area contributed by atoms with Crippen molar-refractivity contribution in [3.8, 4) is 11.1 Å². The van der Waals surface area contributed by atoms with E-state index in [1.807, 2.05) is 48.5 Å². The molecule has 35 heavy (non-hydrogen) atoms. The van der Waals surface area contributed by atoms with Gasteiger partial charge in [0.15, 0.2) is 0 Å². The number of nitrogens with one attached hydrogen (secondary N) is 1. The van der Waals surface area contributed by atoms with E-state index in [2.05, 4.69) is 5.32 Å². The second kappa shape index (κ2) is 9.97. The van der Waals surface area contributed by atoms with E-state index in [0.29, 0.717) is 0 Å². The number of ether oxygens (including phenoxy) is 1. The zero-order valence-electron chi connectivity index (χ0n) is 19.3. The summed E-state index contributed by atoms with van der Waals surface area (Å²) in [5.41, 5.74) is 4.28. The number of rotatable bonds is 7. The van der Waals surface area contributed by atoms with Crippen LogP contribution < -0.4 is 5.32 Å². The van der Waals surface area contributed by atoms with E-state index in [1.165, 1.54) is 13.0 Å². The number of carbonyl (C=O) groups is 3. The number of nitrogens with zero attached hydrogens (tertiary/aromatic N) is 1. The van der Waals surface area contributed by atoms with Gasteiger partial charge in [0.2, 0.25) is 0 Å². The first-order valence-corrected chi connectivity index (χ1v) is 11.3. The van der Waals surface area contributed by atoms with E-state index in [-0.39, 0.29) is 30.3 Å². The van der Waals surface area contributed by atoms with Crippen LogP contribution in [0.1, 0.15) is 41.3 Å². The number of hydrogen-bond donors (Lipinski definition) is 2. The van der Waals surface area contributed by atoms with Crippen molar-refractivity contribution in [2.24, 2.45) is 0 Å². The van der Waals surface area contributed by atoms with Crippen molar-refractivity contribution < 1.29 is 28.6 Å². The molecule has 180 valence electrons. The van der Waals surface area contributed by atoms with Crippen molar-refractivity contribution in [2.75, 3.05) is 18.5 Å². The molecule has 0 fully saturated rings. The number of carboxylic acids is 1. The number of hydrogen-bond acceptors (Lipinski definition) is 4. The molecule has 2 N–H and O–H groups in total. The maximum atomic E-state index is 14.2. The van der Waals surface area contributed by atoms with Gasteiger partial charge in [0.1, 0.15) is 18.5 Å². The van der Waals surface area contributed by atoms with Gasteiger partial charge in [-0.15, -0.1) is 0 Å². The van der Waals surface area contributed by atoms with Crippen molar-refractivity contribution in [1.82, 2.24) is 4.90 Å². The van der Waals surface area contributed by atoms with Crippen molar-refractivity contribution >= 4 is 23.7 Å². The number of carboxylic acid groups (broad SMARTS) is 1. The molecule has 1 aliphatic carbocycles. The van der Waals surface area contributed by atoms with Crippen molar-refractivity contribution in [2.45, 2.75) is 25.8 Å². The van der Waals surface area contributed by atoms with Gasteiger partial charge in [-0.3, -0.25) is 10.1 Å². The Morgan fingerprint density at radius 1 is 1.03 bits per heavy atom. The normalized spacial score (nSPS) is 12.9. The monoisotopic (exact) mass is 476 g/mol. The second-order valence-corrected chi connectivity index (χ2v) is 8.28. The van der Waals surface area contributed by atoms with Gasteiger partial charge < -0.3 is 14.7 Å². The molecule has 1 aliphatic rings. The third-order valence-electron chi connectivity index (χ3n) is 6.16. The first-order valence-electron chi connectivity index (χ1n) is 11.3. The number of benzene rings is 3. The van der Waals surface area contributed by atoms with Crippen LogP contribution in [0.25, 0.3) is 11.1 Å². The summed E-state index contributed by atoms with van der Waals surface area (Å²) in [4.78, 5) is 37.8. The van der Waals surface area contributed by atoms with Gasteiger partial charge in [-0.05, 0) is 54.3 Å². The van der Waals surface area contributed by atoms with Crippen LogP contribution in [-0.2, 0) is 9.53 Å². The van der Waals surface area contributed by atoms with E-state index in [1.54, 1.807) is 6.92 Å². The summed E-state index contributed by atoms with van der Waals surface area (Å²) in [6.45, 7) is 3.21. The molecule has 3 aromatic carbocycles. The molecule has 1 unspecified atom stereocenters.